The molecule has 20 heavy (non-hydrogen) atoms. The second kappa shape index (κ2) is 6.19. The van der Waals surface area contributed by atoms with Gasteiger partial charge in [0.2, 0.25) is 0 Å². The second-order valence-electron chi connectivity index (χ2n) is 3.79. The van der Waals surface area contributed by atoms with E-state index >= 15 is 0 Å². The maximum atomic E-state index is 11.7. The smallest absolute Gasteiger partial charge is 0.267 e. The van der Waals surface area contributed by atoms with Crippen molar-refractivity contribution in [3.63, 3.8) is 0 Å². The summed E-state index contributed by atoms with van der Waals surface area (Å²) < 4.78 is 0. The molecule has 0 saturated carbocycles. The lowest BCUT2D eigenvalue weighted by Crippen LogP contribution is -2.17. The Morgan fingerprint density at radius 2 is 2.05 bits per heavy atom. The molecule has 0 fully saturated rings. The van der Waals surface area contributed by atoms with Crippen LogP contribution in [-0.2, 0) is 0 Å². The number of aromatic nitrogens is 1. The second-order valence-corrected chi connectivity index (χ2v) is 3.79. The largest absolute Gasteiger partial charge is 0.271 e. The number of non-ortho nitro benzene ring substituents is 1. The topological polar surface area (TPSA) is 97.5 Å². The van der Waals surface area contributed by atoms with Crippen LogP contribution in [0.1, 0.15) is 15.9 Å². The van der Waals surface area contributed by atoms with Gasteiger partial charge in [-0.05, 0) is 23.8 Å². The number of carbonyl (C=O) groups excluding carboxylic acids is 1. The minimum absolute atomic E-state index is 0.143. The number of pyridine rings is 1. The SMILES string of the molecule is O=C(N/N=C/c1ccncc1)c1cccc([N+](=O)[O-])c1. The molecule has 7 nitrogen and oxygen atoms in total. The van der Waals surface area contributed by atoms with Crippen LogP contribution in [0, 0.1) is 10.1 Å². The predicted molar refractivity (Wildman–Crippen MR) is 72.4 cm³/mol. The number of nitrogens with zero attached hydrogens (tertiary/aromatic N) is 3. The van der Waals surface area contributed by atoms with Crippen molar-refractivity contribution in [1.82, 2.24) is 10.4 Å². The predicted octanol–water partition coefficient (Wildman–Crippen LogP) is 1.75. The summed E-state index contributed by atoms with van der Waals surface area (Å²) in [6, 6.07) is 8.88. The lowest BCUT2D eigenvalue weighted by atomic mass is 10.2. The highest BCUT2D eigenvalue weighted by atomic mass is 16.6. The highest BCUT2D eigenvalue weighted by Gasteiger charge is 2.10. The zero-order valence-corrected chi connectivity index (χ0v) is 10.3. The van der Waals surface area contributed by atoms with Crippen molar-refractivity contribution in [3.05, 3.63) is 70.0 Å². The summed E-state index contributed by atoms with van der Waals surface area (Å²) in [5.74, 6) is -0.515. The Morgan fingerprint density at radius 3 is 2.75 bits per heavy atom. The van der Waals surface area contributed by atoms with E-state index < -0.39 is 10.8 Å². The van der Waals surface area contributed by atoms with E-state index in [1.54, 1.807) is 24.5 Å². The van der Waals surface area contributed by atoms with E-state index in [1.807, 2.05) is 0 Å². The van der Waals surface area contributed by atoms with Crippen LogP contribution < -0.4 is 5.43 Å². The number of amides is 1. The summed E-state index contributed by atoms with van der Waals surface area (Å²) in [6.45, 7) is 0. The quantitative estimate of drug-likeness (QED) is 0.520. The van der Waals surface area contributed by atoms with Gasteiger partial charge in [-0.25, -0.2) is 5.43 Å². The van der Waals surface area contributed by atoms with Crippen LogP contribution >= 0.6 is 0 Å². The Hall–Kier alpha value is -3.09. The molecular weight excluding hydrogens is 260 g/mol. The molecule has 1 aromatic heterocycles. The summed E-state index contributed by atoms with van der Waals surface area (Å²) in [4.78, 5) is 25.7. The van der Waals surface area contributed by atoms with Crippen LogP contribution in [0.4, 0.5) is 5.69 Å². The average molecular weight is 270 g/mol. The molecule has 1 N–H and O–H groups in total. The molecule has 7 heteroatoms. The lowest BCUT2D eigenvalue weighted by molar-refractivity contribution is -0.384. The maximum absolute atomic E-state index is 11.7. The minimum Gasteiger partial charge on any atom is -0.267 e. The normalized spacial score (nSPS) is 10.4. The van der Waals surface area contributed by atoms with Crippen LogP contribution in [0.15, 0.2) is 53.9 Å². The summed E-state index contributed by atoms with van der Waals surface area (Å²) in [7, 11) is 0. The number of hydrogen-bond donors (Lipinski definition) is 1. The van der Waals surface area contributed by atoms with Gasteiger partial charge >= 0.3 is 0 Å². The van der Waals surface area contributed by atoms with Crippen LogP contribution in [-0.4, -0.2) is 22.0 Å². The van der Waals surface area contributed by atoms with Crippen molar-refractivity contribution in [2.24, 2.45) is 5.10 Å². The van der Waals surface area contributed by atoms with E-state index in [0.29, 0.717) is 0 Å². The first-order valence-corrected chi connectivity index (χ1v) is 5.65. The van der Waals surface area contributed by atoms with Gasteiger partial charge in [0.05, 0.1) is 11.1 Å². The molecule has 0 saturated heterocycles. The molecule has 0 unspecified atom stereocenters. The average Bonchev–Trinajstić information content (AvgIpc) is 2.48. The Kier molecular flexibility index (Phi) is 4.13. The third kappa shape index (κ3) is 3.45. The molecule has 0 radical (unpaired) electrons. The van der Waals surface area contributed by atoms with Gasteiger partial charge < -0.3 is 0 Å². The van der Waals surface area contributed by atoms with Gasteiger partial charge in [0.25, 0.3) is 11.6 Å². The maximum Gasteiger partial charge on any atom is 0.271 e. The number of hydrogen-bond acceptors (Lipinski definition) is 5. The molecule has 0 aliphatic heterocycles. The van der Waals surface area contributed by atoms with Gasteiger partial charge in [-0.3, -0.25) is 19.9 Å². The van der Waals surface area contributed by atoms with E-state index in [9.17, 15) is 14.9 Å². The van der Waals surface area contributed by atoms with Crippen molar-refractivity contribution in [3.8, 4) is 0 Å². The van der Waals surface area contributed by atoms with Crippen molar-refractivity contribution >= 4 is 17.8 Å². The van der Waals surface area contributed by atoms with Crippen molar-refractivity contribution in [2.45, 2.75) is 0 Å². The van der Waals surface area contributed by atoms with Crippen molar-refractivity contribution in [1.29, 1.82) is 0 Å². The fourth-order valence-electron chi connectivity index (χ4n) is 1.44. The lowest BCUT2D eigenvalue weighted by Gasteiger charge is -1.99. The molecule has 100 valence electrons. The molecule has 0 spiro atoms. The Morgan fingerprint density at radius 1 is 1.30 bits per heavy atom. The van der Waals surface area contributed by atoms with Gasteiger partial charge in [-0.1, -0.05) is 6.07 Å². The van der Waals surface area contributed by atoms with E-state index in [2.05, 4.69) is 15.5 Å². The molecular formula is C13H10N4O3. The number of hydrazone groups is 1. The van der Waals surface area contributed by atoms with Crippen LogP contribution in [0.3, 0.4) is 0 Å². The number of benzene rings is 1. The van der Waals surface area contributed by atoms with Crippen molar-refractivity contribution in [2.75, 3.05) is 0 Å². The molecule has 0 atom stereocenters. The van der Waals surface area contributed by atoms with Crippen LogP contribution in [0.25, 0.3) is 0 Å². The number of nitro benzene ring substituents is 1. The highest BCUT2D eigenvalue weighted by molar-refractivity contribution is 5.95. The van der Waals surface area contributed by atoms with Crippen LogP contribution in [0.2, 0.25) is 0 Å². The molecule has 2 aromatic rings. The number of nitro groups is 1. The molecule has 0 aliphatic rings. The Bertz CT molecular complexity index is 656. The minimum atomic E-state index is -0.559. The molecule has 1 amide bonds. The summed E-state index contributed by atoms with van der Waals surface area (Å²) in [6.07, 6.45) is 4.66. The highest BCUT2D eigenvalue weighted by Crippen LogP contribution is 2.12. The molecule has 1 aromatic carbocycles. The fraction of sp³-hybridized carbons (Fsp3) is 0. The van der Waals surface area contributed by atoms with E-state index in [-0.39, 0.29) is 11.3 Å². The third-order valence-corrected chi connectivity index (χ3v) is 2.40. The summed E-state index contributed by atoms with van der Waals surface area (Å²) in [5.41, 5.74) is 3.11. The first-order valence-electron chi connectivity index (χ1n) is 5.65. The molecule has 0 aliphatic carbocycles. The summed E-state index contributed by atoms with van der Waals surface area (Å²) >= 11 is 0. The van der Waals surface area contributed by atoms with E-state index in [0.717, 1.165) is 5.56 Å². The first kappa shape index (κ1) is 13.3. The Labute approximate surface area is 114 Å². The summed E-state index contributed by atoms with van der Waals surface area (Å²) in [5, 5.41) is 14.4. The number of nitrogens with one attached hydrogen (secondary N) is 1. The zero-order chi connectivity index (χ0) is 14.4. The zero-order valence-electron chi connectivity index (χ0n) is 10.3. The third-order valence-electron chi connectivity index (χ3n) is 2.40. The van der Waals surface area contributed by atoms with Gasteiger partial charge in [0, 0.05) is 30.1 Å². The molecule has 0 bridgehead atoms. The monoisotopic (exact) mass is 270 g/mol. The van der Waals surface area contributed by atoms with Gasteiger partial charge in [0.1, 0.15) is 0 Å². The first-order chi connectivity index (χ1) is 9.66. The Balaban J connectivity index is 2.04. The van der Waals surface area contributed by atoms with E-state index in [1.165, 1.54) is 30.5 Å². The molecule has 1 heterocycles. The van der Waals surface area contributed by atoms with Gasteiger partial charge in [0.15, 0.2) is 0 Å². The fourth-order valence-corrected chi connectivity index (χ4v) is 1.44. The van der Waals surface area contributed by atoms with Crippen LogP contribution in [0.5, 0.6) is 0 Å². The van der Waals surface area contributed by atoms with E-state index in [4.69, 9.17) is 0 Å². The standard InChI is InChI=1S/C13H10N4O3/c18-13(11-2-1-3-12(8-11)17(19)20)16-15-9-10-4-6-14-7-5-10/h1-9H,(H,16,18)/b15-9+. The number of carbonyl (C=O) groups is 1. The van der Waals surface area contributed by atoms with Gasteiger partial charge in [-0.15, -0.1) is 0 Å². The van der Waals surface area contributed by atoms with Gasteiger partial charge in [-0.2, -0.15) is 5.10 Å². The molecule has 2 rings (SSSR count). The van der Waals surface area contributed by atoms with Crippen molar-refractivity contribution < 1.29 is 9.72 Å². The number of rotatable bonds is 4.